The smallest absolute Gasteiger partial charge is 0.247 e. The third kappa shape index (κ3) is 6.77. The summed E-state index contributed by atoms with van der Waals surface area (Å²) in [4.78, 5) is 28.6. The van der Waals surface area contributed by atoms with Gasteiger partial charge in [-0.15, -0.1) is 0 Å². The summed E-state index contributed by atoms with van der Waals surface area (Å²) >= 11 is 12.4. The summed E-state index contributed by atoms with van der Waals surface area (Å²) < 4.78 is 6.18. The normalized spacial score (nSPS) is 21.4. The molecule has 0 spiro atoms. The first-order valence-corrected chi connectivity index (χ1v) is 14.4. The minimum Gasteiger partial charge on any atom is -0.486 e. The third-order valence-electron chi connectivity index (χ3n) is 7.39. The summed E-state index contributed by atoms with van der Waals surface area (Å²) in [6.45, 7) is 2.21. The van der Waals surface area contributed by atoms with Crippen LogP contribution in [0.2, 0.25) is 10.0 Å². The molecule has 39 heavy (non-hydrogen) atoms. The largest absolute Gasteiger partial charge is 0.486 e. The molecule has 0 saturated heterocycles. The Balaban J connectivity index is 1.69. The fourth-order valence-corrected chi connectivity index (χ4v) is 5.73. The molecule has 4 rings (SSSR count). The third-order valence-corrected chi connectivity index (χ3v) is 8.13. The summed E-state index contributed by atoms with van der Waals surface area (Å²) in [6.07, 6.45) is 5.17. The zero-order valence-corrected chi connectivity index (χ0v) is 23.6. The highest BCUT2D eigenvalue weighted by Gasteiger charge is 2.50. The van der Waals surface area contributed by atoms with Crippen LogP contribution in [0.5, 0.6) is 5.75 Å². The van der Waals surface area contributed by atoms with Crippen molar-refractivity contribution in [2.45, 2.75) is 76.2 Å². The van der Waals surface area contributed by atoms with E-state index >= 15 is 0 Å². The SMILES string of the molecule is CCCCCCCC(=O)N(Cc1ccc(Cl)c(Cl)c1)C1C=C(C(=O)NCCO)C2c3ccccc3OC2C1O. The average Bonchev–Trinajstić information content (AvgIpc) is 3.33. The molecule has 1 aliphatic carbocycles. The lowest BCUT2D eigenvalue weighted by Crippen LogP contribution is -2.55. The van der Waals surface area contributed by atoms with Crippen LogP contribution in [0, 0.1) is 0 Å². The number of carbonyl (C=O) groups is 2. The summed E-state index contributed by atoms with van der Waals surface area (Å²) in [7, 11) is 0. The van der Waals surface area contributed by atoms with E-state index in [1.807, 2.05) is 24.3 Å². The number of nitrogens with zero attached hydrogens (tertiary/aromatic N) is 1. The summed E-state index contributed by atoms with van der Waals surface area (Å²) in [6, 6.07) is 11.8. The van der Waals surface area contributed by atoms with Gasteiger partial charge in [-0.3, -0.25) is 9.59 Å². The molecule has 4 atom stereocenters. The topological polar surface area (TPSA) is 99.1 Å². The molecule has 1 heterocycles. The molecule has 7 nitrogen and oxygen atoms in total. The minimum atomic E-state index is -1.08. The molecule has 0 bridgehead atoms. The van der Waals surface area contributed by atoms with Gasteiger partial charge in [0.2, 0.25) is 11.8 Å². The number of para-hydroxylation sites is 1. The number of halogens is 2. The lowest BCUT2D eigenvalue weighted by Gasteiger charge is -2.41. The summed E-state index contributed by atoms with van der Waals surface area (Å²) in [5, 5.41) is 24.4. The quantitative estimate of drug-likeness (QED) is 0.310. The van der Waals surface area contributed by atoms with E-state index < -0.39 is 24.2 Å². The Morgan fingerprint density at radius 1 is 1.05 bits per heavy atom. The van der Waals surface area contributed by atoms with Crippen LogP contribution in [-0.2, 0) is 16.1 Å². The standard InChI is InChI=1S/C30H36Cl2N2O5/c1-2-3-4-5-6-11-26(36)34(18-19-12-13-22(31)23(32)16-19)24-17-21(30(38)33-14-15-35)27-20-9-7-8-10-25(20)39-29(27)28(24)37/h7-10,12-13,16-17,24,27-29,35,37H,2-6,11,14-15,18H2,1H3,(H,33,38). The van der Waals surface area contributed by atoms with Crippen molar-refractivity contribution in [3.8, 4) is 5.75 Å². The number of unbranched alkanes of at least 4 members (excludes halogenated alkanes) is 4. The zero-order chi connectivity index (χ0) is 27.9. The van der Waals surface area contributed by atoms with Gasteiger partial charge in [0, 0.05) is 30.6 Å². The molecule has 0 fully saturated rings. The zero-order valence-electron chi connectivity index (χ0n) is 22.1. The molecule has 9 heteroatoms. The fraction of sp³-hybridized carbons (Fsp3) is 0.467. The molecule has 2 aromatic carbocycles. The Bertz CT molecular complexity index is 1200. The van der Waals surface area contributed by atoms with Crippen LogP contribution in [0.3, 0.4) is 0 Å². The molecule has 4 unspecified atom stereocenters. The molecule has 0 aromatic heterocycles. The lowest BCUT2D eigenvalue weighted by atomic mass is 9.77. The van der Waals surface area contributed by atoms with Crippen LogP contribution in [-0.4, -0.2) is 58.3 Å². The molecule has 2 aliphatic rings. The number of rotatable bonds is 12. The first kappa shape index (κ1) is 29.4. The molecule has 0 saturated carbocycles. The number of amides is 2. The van der Waals surface area contributed by atoms with Crippen LogP contribution < -0.4 is 10.1 Å². The van der Waals surface area contributed by atoms with Crippen LogP contribution in [0.25, 0.3) is 0 Å². The van der Waals surface area contributed by atoms with Crippen molar-refractivity contribution >= 4 is 35.0 Å². The maximum absolute atomic E-state index is 13.7. The van der Waals surface area contributed by atoms with E-state index in [4.69, 9.17) is 27.9 Å². The molecular weight excluding hydrogens is 539 g/mol. The second-order valence-corrected chi connectivity index (χ2v) is 10.9. The monoisotopic (exact) mass is 574 g/mol. The molecule has 1 aliphatic heterocycles. The number of ether oxygens (including phenoxy) is 1. The maximum atomic E-state index is 13.7. The maximum Gasteiger partial charge on any atom is 0.247 e. The van der Waals surface area contributed by atoms with Crippen molar-refractivity contribution in [3.63, 3.8) is 0 Å². The Hall–Kier alpha value is -2.58. The van der Waals surface area contributed by atoms with Gasteiger partial charge in [0.15, 0.2) is 0 Å². The van der Waals surface area contributed by atoms with E-state index in [1.54, 1.807) is 29.2 Å². The number of aliphatic hydroxyl groups excluding tert-OH is 2. The van der Waals surface area contributed by atoms with Crippen molar-refractivity contribution < 1.29 is 24.5 Å². The number of carbonyl (C=O) groups excluding carboxylic acids is 2. The van der Waals surface area contributed by atoms with Crippen LogP contribution in [0.4, 0.5) is 0 Å². The Morgan fingerprint density at radius 3 is 2.56 bits per heavy atom. The fourth-order valence-electron chi connectivity index (χ4n) is 5.41. The van der Waals surface area contributed by atoms with Crippen LogP contribution in [0.15, 0.2) is 54.1 Å². The minimum absolute atomic E-state index is 0.0902. The van der Waals surface area contributed by atoms with E-state index in [1.165, 1.54) is 0 Å². The molecule has 2 aromatic rings. The van der Waals surface area contributed by atoms with Gasteiger partial charge in [0.25, 0.3) is 0 Å². The molecule has 2 amide bonds. The molecule has 0 radical (unpaired) electrons. The van der Waals surface area contributed by atoms with E-state index in [-0.39, 0.29) is 31.5 Å². The van der Waals surface area contributed by atoms with Gasteiger partial charge in [0.05, 0.1) is 28.6 Å². The van der Waals surface area contributed by atoms with Crippen molar-refractivity contribution in [3.05, 3.63) is 75.3 Å². The van der Waals surface area contributed by atoms with Crippen molar-refractivity contribution in [1.29, 1.82) is 0 Å². The Morgan fingerprint density at radius 2 is 1.82 bits per heavy atom. The Kier molecular flexibility index (Phi) is 10.3. The lowest BCUT2D eigenvalue weighted by molar-refractivity contribution is -0.138. The highest BCUT2D eigenvalue weighted by atomic mass is 35.5. The number of nitrogens with one attached hydrogen (secondary N) is 1. The second kappa shape index (κ2) is 13.7. The Labute approximate surface area is 239 Å². The van der Waals surface area contributed by atoms with Crippen molar-refractivity contribution in [2.24, 2.45) is 0 Å². The first-order valence-electron chi connectivity index (χ1n) is 13.6. The average molecular weight is 576 g/mol. The van der Waals surface area contributed by atoms with Gasteiger partial charge >= 0.3 is 0 Å². The van der Waals surface area contributed by atoms with Crippen molar-refractivity contribution in [1.82, 2.24) is 10.2 Å². The van der Waals surface area contributed by atoms with E-state index in [9.17, 15) is 19.8 Å². The number of fused-ring (bicyclic) bond motifs is 3. The van der Waals surface area contributed by atoms with E-state index in [2.05, 4.69) is 12.2 Å². The van der Waals surface area contributed by atoms with Gasteiger partial charge < -0.3 is 25.2 Å². The van der Waals surface area contributed by atoms with Gasteiger partial charge in [-0.25, -0.2) is 0 Å². The van der Waals surface area contributed by atoms with Crippen molar-refractivity contribution in [2.75, 3.05) is 13.2 Å². The van der Waals surface area contributed by atoms with Gasteiger partial charge in [-0.1, -0.05) is 80.1 Å². The van der Waals surface area contributed by atoms with Gasteiger partial charge in [0.1, 0.15) is 18.0 Å². The second-order valence-electron chi connectivity index (χ2n) is 10.1. The molecule has 3 N–H and O–H groups in total. The molecule has 210 valence electrons. The van der Waals surface area contributed by atoms with Gasteiger partial charge in [-0.05, 0) is 36.3 Å². The molecular formula is C30H36Cl2N2O5. The predicted octanol–water partition coefficient (Wildman–Crippen LogP) is 5.01. The van der Waals surface area contributed by atoms with E-state index in [0.717, 1.165) is 43.2 Å². The highest BCUT2D eigenvalue weighted by molar-refractivity contribution is 6.42. The first-order chi connectivity index (χ1) is 18.8. The number of aliphatic hydroxyl groups is 2. The summed E-state index contributed by atoms with van der Waals surface area (Å²) in [5.41, 5.74) is 1.97. The van der Waals surface area contributed by atoms with Gasteiger partial charge in [-0.2, -0.15) is 0 Å². The van der Waals surface area contributed by atoms with Crippen LogP contribution >= 0.6 is 23.2 Å². The summed E-state index contributed by atoms with van der Waals surface area (Å²) in [5.74, 6) is -0.381. The number of benzene rings is 2. The van der Waals surface area contributed by atoms with E-state index in [0.29, 0.717) is 27.8 Å². The predicted molar refractivity (Wildman–Crippen MR) is 152 cm³/mol. The van der Waals surface area contributed by atoms with Crippen LogP contribution in [0.1, 0.15) is 62.5 Å². The number of hydrogen-bond donors (Lipinski definition) is 3. The number of hydrogen-bond acceptors (Lipinski definition) is 5. The highest BCUT2D eigenvalue weighted by Crippen LogP contribution is 2.47.